The Morgan fingerprint density at radius 1 is 1.15 bits per heavy atom. The van der Waals surface area contributed by atoms with Gasteiger partial charge in [0.15, 0.2) is 0 Å². The number of aromatic nitrogens is 1. The Kier molecular flexibility index (Phi) is 7.59. The Morgan fingerprint density at radius 3 is 2.75 bits per heavy atom. The summed E-state index contributed by atoms with van der Waals surface area (Å²) < 4.78 is 6.29. The van der Waals surface area contributed by atoms with E-state index in [0.717, 1.165) is 32.9 Å². The van der Waals surface area contributed by atoms with E-state index in [1.165, 1.54) is 22.3 Å². The lowest BCUT2D eigenvalue weighted by atomic mass is 9.69. The van der Waals surface area contributed by atoms with Crippen molar-refractivity contribution in [3.8, 4) is 5.75 Å². The van der Waals surface area contributed by atoms with Gasteiger partial charge in [-0.25, -0.2) is 0 Å². The number of amides is 2. The number of hydrogen-bond donors (Lipinski definition) is 2. The fourth-order valence-electron chi connectivity index (χ4n) is 6.33. The predicted octanol–water partition coefficient (Wildman–Crippen LogP) is 5.33. The largest absolute Gasteiger partial charge is 0.508 e. The number of ether oxygens (including phenoxy) is 1. The van der Waals surface area contributed by atoms with Crippen LogP contribution in [0, 0.1) is 17.8 Å². The number of fused-ring (bicyclic) bond motifs is 3. The fraction of sp³-hybridized carbons (Fsp3) is 0.323. The minimum Gasteiger partial charge on any atom is -0.508 e. The maximum absolute atomic E-state index is 13.6. The number of nitrogens with zero attached hydrogens (tertiary/aromatic N) is 2. The molecule has 9 heteroatoms. The molecule has 0 unspecified atom stereocenters. The van der Waals surface area contributed by atoms with E-state index in [4.69, 9.17) is 16.3 Å². The van der Waals surface area contributed by atoms with Gasteiger partial charge in [-0.2, -0.15) is 0 Å². The lowest BCUT2D eigenvalue weighted by Gasteiger charge is -2.31. The van der Waals surface area contributed by atoms with Crippen LogP contribution >= 0.6 is 22.9 Å². The SMILES string of the molecule is O=C1[C@@H]2[C@@H](CC(CO)=C3[C@@H](CC/C(=C/c4ccc(O)cc4Cl)c4ccccn4)OC[C@@H]32)C(=O)N1Cc1cccs1. The number of hydrogen-bond acceptors (Lipinski definition) is 7. The first-order chi connectivity index (χ1) is 19.4. The average Bonchev–Trinajstić information content (AvgIpc) is 3.69. The van der Waals surface area contributed by atoms with Crippen molar-refractivity contribution in [2.45, 2.75) is 31.9 Å². The maximum atomic E-state index is 13.6. The Balaban J connectivity index is 1.25. The number of carbonyl (C=O) groups is 2. The van der Waals surface area contributed by atoms with Crippen LogP contribution < -0.4 is 0 Å². The summed E-state index contributed by atoms with van der Waals surface area (Å²) in [7, 11) is 0. The first-order valence-corrected chi connectivity index (χ1v) is 14.6. The summed E-state index contributed by atoms with van der Waals surface area (Å²) in [5.74, 6) is -1.31. The van der Waals surface area contributed by atoms with Gasteiger partial charge in [0.25, 0.3) is 0 Å². The fourth-order valence-corrected chi connectivity index (χ4v) is 7.25. The topological polar surface area (TPSA) is 100.0 Å². The molecule has 206 valence electrons. The summed E-state index contributed by atoms with van der Waals surface area (Å²) in [5.41, 5.74) is 4.32. The molecule has 2 aliphatic heterocycles. The van der Waals surface area contributed by atoms with E-state index in [9.17, 15) is 19.8 Å². The lowest BCUT2D eigenvalue weighted by Crippen LogP contribution is -2.34. The molecule has 0 radical (unpaired) electrons. The van der Waals surface area contributed by atoms with E-state index < -0.39 is 11.8 Å². The van der Waals surface area contributed by atoms with Crippen molar-refractivity contribution in [3.05, 3.63) is 92.4 Å². The summed E-state index contributed by atoms with van der Waals surface area (Å²) >= 11 is 7.93. The number of pyridine rings is 1. The summed E-state index contributed by atoms with van der Waals surface area (Å²) in [4.78, 5) is 33.8. The molecule has 0 saturated carbocycles. The molecule has 2 fully saturated rings. The van der Waals surface area contributed by atoms with E-state index in [-0.39, 0.29) is 36.2 Å². The molecule has 2 amide bonds. The number of halogens is 1. The third-order valence-corrected chi connectivity index (χ3v) is 9.36. The van der Waals surface area contributed by atoms with Crippen LogP contribution in [-0.2, 0) is 20.9 Å². The molecule has 4 heterocycles. The Morgan fingerprint density at radius 2 is 2.02 bits per heavy atom. The number of aliphatic hydroxyl groups is 1. The number of rotatable bonds is 8. The van der Waals surface area contributed by atoms with Gasteiger partial charge in [0, 0.05) is 17.0 Å². The molecular weight excluding hydrogens is 548 g/mol. The minimum atomic E-state index is -0.454. The van der Waals surface area contributed by atoms with E-state index in [1.54, 1.807) is 18.3 Å². The number of phenolic OH excluding ortho intramolecular Hbond substituents is 1. The summed E-state index contributed by atoms with van der Waals surface area (Å²) in [6, 6.07) is 14.4. The number of likely N-dealkylation sites (tertiary alicyclic amines) is 1. The van der Waals surface area contributed by atoms with Crippen LogP contribution in [0.25, 0.3) is 11.6 Å². The molecule has 0 spiro atoms. The smallest absolute Gasteiger partial charge is 0.234 e. The van der Waals surface area contributed by atoms with E-state index >= 15 is 0 Å². The number of phenols is 1. The van der Waals surface area contributed by atoms with Crippen LogP contribution in [0.2, 0.25) is 5.02 Å². The van der Waals surface area contributed by atoms with Gasteiger partial charge in [-0.05, 0) is 89.4 Å². The molecule has 6 rings (SSSR count). The molecule has 1 aliphatic carbocycles. The molecule has 0 bridgehead atoms. The molecule has 1 aromatic carbocycles. The van der Waals surface area contributed by atoms with Crippen molar-refractivity contribution in [3.63, 3.8) is 0 Å². The second-order valence-electron chi connectivity index (χ2n) is 10.5. The summed E-state index contributed by atoms with van der Waals surface area (Å²) in [6.07, 6.45) is 5.04. The number of benzene rings is 1. The number of imide groups is 1. The van der Waals surface area contributed by atoms with Gasteiger partial charge in [-0.1, -0.05) is 23.7 Å². The van der Waals surface area contributed by atoms with Crippen LogP contribution in [0.15, 0.2) is 71.3 Å². The van der Waals surface area contributed by atoms with Gasteiger partial charge in [0.05, 0.1) is 48.4 Å². The minimum absolute atomic E-state index is 0.0971. The van der Waals surface area contributed by atoms with Crippen molar-refractivity contribution in [1.82, 2.24) is 9.88 Å². The van der Waals surface area contributed by atoms with Gasteiger partial charge < -0.3 is 14.9 Å². The zero-order valence-corrected chi connectivity index (χ0v) is 23.3. The molecule has 4 atom stereocenters. The third-order valence-electron chi connectivity index (χ3n) is 8.17. The van der Waals surface area contributed by atoms with Crippen molar-refractivity contribution in [1.29, 1.82) is 0 Å². The number of thiophene rings is 1. The van der Waals surface area contributed by atoms with Gasteiger partial charge in [-0.3, -0.25) is 19.5 Å². The standard InChI is InChI=1S/C31H29ClN2O5S/c32-25-14-21(36)8-6-18(25)12-19(26-5-1-2-10-33-26)7-9-27-28-20(16-35)13-23-29(24(28)17-39-27)31(38)34(30(23)37)15-22-4-3-11-40-22/h1-6,8,10-12,14,23-24,27,29,35-36H,7,9,13,15-17H2/b19-12-/t23-,24+,27-,29-/m1/s1. The van der Waals surface area contributed by atoms with Gasteiger partial charge >= 0.3 is 0 Å². The van der Waals surface area contributed by atoms with Crippen LogP contribution in [0.5, 0.6) is 5.75 Å². The number of carbonyl (C=O) groups excluding carboxylic acids is 2. The van der Waals surface area contributed by atoms with E-state index in [1.807, 2.05) is 41.8 Å². The molecule has 2 N–H and O–H groups in total. The zero-order chi connectivity index (χ0) is 27.8. The molecular formula is C31H29ClN2O5S. The van der Waals surface area contributed by atoms with Crippen molar-refractivity contribution in [2.75, 3.05) is 13.2 Å². The highest BCUT2D eigenvalue weighted by Gasteiger charge is 2.56. The molecule has 3 aromatic rings. The maximum Gasteiger partial charge on any atom is 0.234 e. The Bertz CT molecular complexity index is 1490. The van der Waals surface area contributed by atoms with Gasteiger partial charge in [0.1, 0.15) is 5.75 Å². The monoisotopic (exact) mass is 576 g/mol. The lowest BCUT2D eigenvalue weighted by molar-refractivity contribution is -0.140. The van der Waals surface area contributed by atoms with Crippen LogP contribution in [0.1, 0.15) is 35.4 Å². The van der Waals surface area contributed by atoms with Crippen LogP contribution in [-0.4, -0.2) is 51.2 Å². The Labute approximate surface area is 241 Å². The van der Waals surface area contributed by atoms with Gasteiger partial charge in [0.2, 0.25) is 11.8 Å². The van der Waals surface area contributed by atoms with Crippen molar-refractivity contribution in [2.24, 2.45) is 17.8 Å². The highest BCUT2D eigenvalue weighted by Crippen LogP contribution is 2.50. The summed E-state index contributed by atoms with van der Waals surface area (Å²) in [5, 5.41) is 22.5. The van der Waals surface area contributed by atoms with Crippen molar-refractivity contribution < 1.29 is 24.5 Å². The normalized spacial score (nSPS) is 24.6. The highest BCUT2D eigenvalue weighted by molar-refractivity contribution is 7.09. The average molecular weight is 577 g/mol. The van der Waals surface area contributed by atoms with E-state index in [0.29, 0.717) is 37.4 Å². The number of allylic oxidation sites excluding steroid dienone is 1. The quantitative estimate of drug-likeness (QED) is 0.278. The first kappa shape index (κ1) is 26.9. The zero-order valence-electron chi connectivity index (χ0n) is 21.7. The molecule has 7 nitrogen and oxygen atoms in total. The third kappa shape index (κ3) is 5.01. The molecule has 40 heavy (non-hydrogen) atoms. The molecule has 3 aliphatic rings. The predicted molar refractivity (Wildman–Crippen MR) is 153 cm³/mol. The van der Waals surface area contributed by atoms with Crippen LogP contribution in [0.3, 0.4) is 0 Å². The highest BCUT2D eigenvalue weighted by atomic mass is 35.5. The molecule has 2 saturated heterocycles. The van der Waals surface area contributed by atoms with E-state index in [2.05, 4.69) is 4.98 Å². The summed E-state index contributed by atoms with van der Waals surface area (Å²) in [6.45, 7) is 0.484. The van der Waals surface area contributed by atoms with Crippen LogP contribution in [0.4, 0.5) is 0 Å². The number of aliphatic hydroxyl groups excluding tert-OH is 1. The Hall–Kier alpha value is -3.30. The van der Waals surface area contributed by atoms with Gasteiger partial charge in [-0.15, -0.1) is 11.3 Å². The second kappa shape index (κ2) is 11.3. The first-order valence-electron chi connectivity index (χ1n) is 13.4. The van der Waals surface area contributed by atoms with Crippen molar-refractivity contribution >= 4 is 46.4 Å². The number of aromatic hydroxyl groups is 1. The molecule has 2 aromatic heterocycles. The second-order valence-corrected chi connectivity index (χ2v) is 11.9.